The number of hydrogen-bond donors (Lipinski definition) is 0. The fourth-order valence-corrected chi connectivity index (χ4v) is 3.82. The Bertz CT molecular complexity index is 1000. The highest BCUT2D eigenvalue weighted by Crippen LogP contribution is 2.29. The van der Waals surface area contributed by atoms with E-state index in [0.29, 0.717) is 30.4 Å². The molecule has 1 aromatic carbocycles. The van der Waals surface area contributed by atoms with Crippen LogP contribution in [0, 0.1) is 0 Å². The zero-order chi connectivity index (χ0) is 18.1. The fourth-order valence-electron chi connectivity index (χ4n) is 3.82. The largest absolute Gasteiger partial charge is 0.348 e. The quantitative estimate of drug-likeness (QED) is 0.727. The third kappa shape index (κ3) is 2.81. The first-order valence-corrected chi connectivity index (χ1v) is 9.07. The van der Waals surface area contributed by atoms with Crippen molar-refractivity contribution >= 4 is 16.8 Å². The Hall–Kier alpha value is -2.89. The maximum Gasteiger partial charge on any atom is 0.261 e. The molecule has 3 aromatic rings. The van der Waals surface area contributed by atoms with E-state index in [4.69, 9.17) is 0 Å². The first-order chi connectivity index (χ1) is 12.7. The smallest absolute Gasteiger partial charge is 0.261 e. The van der Waals surface area contributed by atoms with Gasteiger partial charge in [0.05, 0.1) is 23.3 Å². The lowest BCUT2D eigenvalue weighted by Crippen LogP contribution is -2.42. The molecule has 0 bridgehead atoms. The Labute approximate surface area is 151 Å². The van der Waals surface area contributed by atoms with Gasteiger partial charge in [0.15, 0.2) is 0 Å². The highest BCUT2D eigenvalue weighted by molar-refractivity contribution is 5.78. The molecule has 1 amide bonds. The lowest BCUT2D eigenvalue weighted by atomic mass is 10.1. The monoisotopic (exact) mass is 350 g/mol. The molecule has 6 heteroatoms. The number of hydrogen-bond acceptors (Lipinski definition) is 3. The number of para-hydroxylation sites is 1. The van der Waals surface area contributed by atoms with Crippen molar-refractivity contribution in [2.75, 3.05) is 6.54 Å². The summed E-state index contributed by atoms with van der Waals surface area (Å²) < 4.78 is 3.75. The van der Waals surface area contributed by atoms with Crippen LogP contribution in [0.4, 0.5) is 0 Å². The van der Waals surface area contributed by atoms with Crippen LogP contribution in [-0.4, -0.2) is 31.5 Å². The van der Waals surface area contributed by atoms with Crippen molar-refractivity contribution in [1.82, 2.24) is 19.0 Å². The SMILES string of the molecule is CC[C@H]1c2cccn2CCN1C(=O)CCn1cnc2ccccc2c1=O. The molecule has 134 valence electrons. The number of fused-ring (bicyclic) bond motifs is 2. The van der Waals surface area contributed by atoms with Crippen molar-refractivity contribution in [1.29, 1.82) is 0 Å². The van der Waals surface area contributed by atoms with Gasteiger partial charge in [0.1, 0.15) is 0 Å². The average Bonchev–Trinajstić information content (AvgIpc) is 3.15. The third-order valence-electron chi connectivity index (χ3n) is 5.17. The number of amides is 1. The Balaban J connectivity index is 1.51. The second kappa shape index (κ2) is 6.78. The molecule has 0 saturated carbocycles. The van der Waals surface area contributed by atoms with Gasteiger partial charge in [-0.3, -0.25) is 14.2 Å². The van der Waals surface area contributed by atoms with Crippen LogP contribution in [0.15, 0.2) is 53.7 Å². The Morgan fingerprint density at radius 3 is 2.88 bits per heavy atom. The van der Waals surface area contributed by atoms with Gasteiger partial charge in [-0.15, -0.1) is 0 Å². The molecule has 1 aliphatic heterocycles. The van der Waals surface area contributed by atoms with Crippen molar-refractivity contribution in [2.45, 2.75) is 38.9 Å². The predicted octanol–water partition coefficient (Wildman–Crippen LogP) is 2.58. The molecule has 0 N–H and O–H groups in total. The minimum atomic E-state index is -0.0945. The molecule has 0 spiro atoms. The van der Waals surface area contributed by atoms with Gasteiger partial charge in [-0.2, -0.15) is 0 Å². The van der Waals surface area contributed by atoms with Crippen LogP contribution in [0.5, 0.6) is 0 Å². The van der Waals surface area contributed by atoms with Crippen LogP contribution in [0.3, 0.4) is 0 Å². The van der Waals surface area contributed by atoms with Crippen molar-refractivity contribution in [2.24, 2.45) is 0 Å². The van der Waals surface area contributed by atoms with Crippen LogP contribution in [0.1, 0.15) is 31.5 Å². The van der Waals surface area contributed by atoms with E-state index in [1.807, 2.05) is 29.2 Å². The standard InChI is InChI=1S/C20H22N4O2/c1-2-17-18-8-5-10-22(18)12-13-24(17)19(25)9-11-23-14-21-16-7-4-3-6-15(16)20(23)26/h3-8,10,14,17H,2,9,11-13H2,1H3/t17-/m0/s1. The van der Waals surface area contributed by atoms with Crippen molar-refractivity contribution in [3.63, 3.8) is 0 Å². The summed E-state index contributed by atoms with van der Waals surface area (Å²) in [5.74, 6) is 0.0874. The second-order valence-corrected chi connectivity index (χ2v) is 6.65. The third-order valence-corrected chi connectivity index (χ3v) is 5.17. The molecule has 26 heavy (non-hydrogen) atoms. The summed E-state index contributed by atoms with van der Waals surface area (Å²) in [6, 6.07) is 11.5. The minimum absolute atomic E-state index is 0.0874. The summed E-state index contributed by atoms with van der Waals surface area (Å²) in [6.45, 7) is 3.99. The number of nitrogens with zero attached hydrogens (tertiary/aromatic N) is 4. The second-order valence-electron chi connectivity index (χ2n) is 6.65. The van der Waals surface area contributed by atoms with Crippen LogP contribution < -0.4 is 5.56 Å². The van der Waals surface area contributed by atoms with Gasteiger partial charge in [-0.1, -0.05) is 19.1 Å². The number of carbonyl (C=O) groups excluding carboxylic acids is 1. The summed E-state index contributed by atoms with van der Waals surface area (Å²) in [6.07, 6.45) is 4.79. The normalized spacial score (nSPS) is 16.7. The molecule has 0 unspecified atom stereocenters. The summed E-state index contributed by atoms with van der Waals surface area (Å²) in [5, 5.41) is 0.588. The van der Waals surface area contributed by atoms with Gasteiger partial charge in [-0.05, 0) is 30.7 Å². The van der Waals surface area contributed by atoms with Crippen molar-refractivity contribution in [3.05, 3.63) is 65.0 Å². The lowest BCUT2D eigenvalue weighted by molar-refractivity contribution is -0.135. The van der Waals surface area contributed by atoms with Gasteiger partial charge in [0.25, 0.3) is 5.56 Å². The molecule has 0 saturated heterocycles. The maximum absolute atomic E-state index is 12.8. The van der Waals surface area contributed by atoms with E-state index in [-0.39, 0.29) is 17.5 Å². The summed E-state index contributed by atoms with van der Waals surface area (Å²) in [5.41, 5.74) is 1.78. The lowest BCUT2D eigenvalue weighted by Gasteiger charge is -2.36. The number of benzene rings is 1. The molecule has 3 heterocycles. The van der Waals surface area contributed by atoms with Crippen molar-refractivity contribution in [3.8, 4) is 0 Å². The Morgan fingerprint density at radius 1 is 1.19 bits per heavy atom. The molecule has 0 aliphatic carbocycles. The number of carbonyl (C=O) groups is 1. The van der Waals surface area contributed by atoms with Gasteiger partial charge >= 0.3 is 0 Å². The van der Waals surface area contributed by atoms with Crippen LogP contribution >= 0.6 is 0 Å². The highest BCUT2D eigenvalue weighted by atomic mass is 16.2. The minimum Gasteiger partial charge on any atom is -0.348 e. The Morgan fingerprint density at radius 2 is 2.04 bits per heavy atom. The zero-order valence-corrected chi connectivity index (χ0v) is 14.8. The summed E-state index contributed by atoms with van der Waals surface area (Å²) >= 11 is 0. The van der Waals surface area contributed by atoms with E-state index in [1.165, 1.54) is 16.6 Å². The molecular formula is C20H22N4O2. The maximum atomic E-state index is 12.8. The van der Waals surface area contributed by atoms with E-state index < -0.39 is 0 Å². The molecule has 1 aliphatic rings. The van der Waals surface area contributed by atoms with E-state index in [1.54, 1.807) is 6.07 Å². The average molecular weight is 350 g/mol. The van der Waals surface area contributed by atoms with Crippen LogP contribution in [0.25, 0.3) is 10.9 Å². The number of aromatic nitrogens is 3. The molecule has 6 nitrogen and oxygen atoms in total. The van der Waals surface area contributed by atoms with Gasteiger partial charge < -0.3 is 9.47 Å². The molecule has 0 radical (unpaired) electrons. The van der Waals surface area contributed by atoms with E-state index in [2.05, 4.69) is 28.7 Å². The molecule has 4 rings (SSSR count). The predicted molar refractivity (Wildman–Crippen MR) is 99.8 cm³/mol. The van der Waals surface area contributed by atoms with Crippen LogP contribution in [-0.2, 0) is 17.9 Å². The van der Waals surface area contributed by atoms with E-state index in [0.717, 1.165) is 13.0 Å². The first-order valence-electron chi connectivity index (χ1n) is 9.07. The number of aryl methyl sites for hydroxylation is 1. The Kier molecular flexibility index (Phi) is 4.32. The van der Waals surface area contributed by atoms with Gasteiger partial charge in [0, 0.05) is 37.9 Å². The highest BCUT2D eigenvalue weighted by Gasteiger charge is 2.29. The summed E-state index contributed by atoms with van der Waals surface area (Å²) in [7, 11) is 0. The first kappa shape index (κ1) is 16.6. The molecule has 0 fully saturated rings. The van der Waals surface area contributed by atoms with Crippen molar-refractivity contribution < 1.29 is 4.79 Å². The van der Waals surface area contributed by atoms with E-state index in [9.17, 15) is 9.59 Å². The topological polar surface area (TPSA) is 60.1 Å². The molecular weight excluding hydrogens is 328 g/mol. The molecule has 2 aromatic heterocycles. The number of rotatable bonds is 4. The van der Waals surface area contributed by atoms with Gasteiger partial charge in [-0.25, -0.2) is 4.98 Å². The van der Waals surface area contributed by atoms with E-state index >= 15 is 0 Å². The summed E-state index contributed by atoms with van der Waals surface area (Å²) in [4.78, 5) is 31.7. The van der Waals surface area contributed by atoms with Crippen LogP contribution in [0.2, 0.25) is 0 Å². The zero-order valence-electron chi connectivity index (χ0n) is 14.8. The fraction of sp³-hybridized carbons (Fsp3) is 0.350. The molecule has 1 atom stereocenters. The van der Waals surface area contributed by atoms with Gasteiger partial charge in [0.2, 0.25) is 5.91 Å².